The summed E-state index contributed by atoms with van der Waals surface area (Å²) in [6, 6.07) is 3.58. The van der Waals surface area contributed by atoms with Gasteiger partial charge in [0.25, 0.3) is 0 Å². The summed E-state index contributed by atoms with van der Waals surface area (Å²) in [6.45, 7) is 7.62. The fourth-order valence-electron chi connectivity index (χ4n) is 4.17. The molecule has 0 bridgehead atoms. The van der Waals surface area contributed by atoms with Crippen LogP contribution >= 0.6 is 11.6 Å². The Balaban J connectivity index is 2.05. The van der Waals surface area contributed by atoms with Crippen molar-refractivity contribution in [1.82, 2.24) is 4.98 Å². The molecular weight excluding hydrogens is 430 g/mol. The summed E-state index contributed by atoms with van der Waals surface area (Å²) in [7, 11) is 0. The van der Waals surface area contributed by atoms with Crippen LogP contribution in [0.2, 0.25) is 5.02 Å². The topological polar surface area (TPSA) is 39.2 Å². The number of hydrogen-bond donors (Lipinski definition) is 0. The second kappa shape index (κ2) is 20.1. The zero-order chi connectivity index (χ0) is 24.2. The van der Waals surface area contributed by atoms with Crippen LogP contribution in [0, 0.1) is 0 Å². The van der Waals surface area contributed by atoms with E-state index in [1.807, 2.05) is 0 Å². The van der Waals surface area contributed by atoms with E-state index in [0.29, 0.717) is 16.3 Å². The van der Waals surface area contributed by atoms with Crippen molar-refractivity contribution in [3.8, 4) is 0 Å². The molecule has 0 aliphatic carbocycles. The Morgan fingerprint density at radius 1 is 0.879 bits per heavy atom. The lowest BCUT2D eigenvalue weighted by Gasteiger charge is -2.18. The number of unbranched alkanes of at least 4 members (excludes halogenated alkanes) is 16. The number of carbonyl (C=O) groups excluding carboxylic acids is 1. The lowest BCUT2D eigenvalue weighted by molar-refractivity contribution is -0.145. The first-order valence-corrected chi connectivity index (χ1v) is 13.9. The first-order chi connectivity index (χ1) is 16.1. The van der Waals surface area contributed by atoms with Crippen molar-refractivity contribution in [3.63, 3.8) is 0 Å². The fourth-order valence-corrected chi connectivity index (χ4v) is 4.41. The first-order valence-electron chi connectivity index (χ1n) is 13.5. The van der Waals surface area contributed by atoms with Crippen molar-refractivity contribution in [2.24, 2.45) is 0 Å². The van der Waals surface area contributed by atoms with Crippen LogP contribution in [0.4, 0.5) is 0 Å². The third kappa shape index (κ3) is 15.2. The van der Waals surface area contributed by atoms with Gasteiger partial charge in [0.1, 0.15) is 6.10 Å². The van der Waals surface area contributed by atoms with Gasteiger partial charge in [0.15, 0.2) is 0 Å². The molecule has 1 aromatic heterocycles. The monoisotopic (exact) mass is 477 g/mol. The highest BCUT2D eigenvalue weighted by atomic mass is 35.5. The van der Waals surface area contributed by atoms with E-state index in [2.05, 4.69) is 18.5 Å². The average Bonchev–Trinajstić information content (AvgIpc) is 2.80. The maximum atomic E-state index is 12.0. The number of rotatable bonds is 21. The molecule has 0 aliphatic heterocycles. The SMILES string of the molecule is C=C(C)C(=O)OC(CCCCCCCCCCCCCCCCCCC)c1ncccc1Cl. The number of ether oxygens (including phenoxy) is 1. The molecule has 3 nitrogen and oxygen atoms in total. The van der Waals surface area contributed by atoms with Crippen LogP contribution < -0.4 is 0 Å². The Bertz CT molecular complexity index is 646. The van der Waals surface area contributed by atoms with E-state index in [9.17, 15) is 4.79 Å². The van der Waals surface area contributed by atoms with Crippen LogP contribution in [-0.2, 0) is 9.53 Å². The molecule has 0 fully saturated rings. The Morgan fingerprint density at radius 2 is 1.33 bits per heavy atom. The summed E-state index contributed by atoms with van der Waals surface area (Å²) in [5.74, 6) is -0.381. The Morgan fingerprint density at radius 3 is 1.76 bits per heavy atom. The van der Waals surface area contributed by atoms with Gasteiger partial charge in [-0.3, -0.25) is 4.98 Å². The molecule has 1 heterocycles. The molecule has 0 saturated heterocycles. The molecule has 0 amide bonds. The van der Waals surface area contributed by atoms with Crippen LogP contribution in [0.15, 0.2) is 30.5 Å². The lowest BCUT2D eigenvalue weighted by Crippen LogP contribution is -2.13. The minimum absolute atomic E-state index is 0.381. The smallest absolute Gasteiger partial charge is 0.333 e. The van der Waals surface area contributed by atoms with Crippen LogP contribution in [0.25, 0.3) is 0 Å². The second-order valence-corrected chi connectivity index (χ2v) is 9.90. The molecule has 0 aromatic carbocycles. The summed E-state index contributed by atoms with van der Waals surface area (Å²) < 4.78 is 5.62. The fraction of sp³-hybridized carbons (Fsp3) is 0.724. The summed E-state index contributed by atoms with van der Waals surface area (Å²) in [6.07, 6.45) is 24.9. The molecule has 4 heteroatoms. The van der Waals surface area contributed by atoms with E-state index in [4.69, 9.17) is 16.3 Å². The van der Waals surface area contributed by atoms with E-state index in [1.165, 1.54) is 96.3 Å². The van der Waals surface area contributed by atoms with Gasteiger partial charge in [0.2, 0.25) is 0 Å². The molecule has 0 aliphatic rings. The highest BCUT2D eigenvalue weighted by Crippen LogP contribution is 2.29. The number of nitrogens with zero attached hydrogens (tertiary/aromatic N) is 1. The minimum Gasteiger partial charge on any atom is -0.452 e. The number of pyridine rings is 1. The Kier molecular flexibility index (Phi) is 18.0. The molecular formula is C29H48ClNO2. The van der Waals surface area contributed by atoms with Gasteiger partial charge < -0.3 is 4.74 Å². The number of halogens is 1. The number of carbonyl (C=O) groups is 1. The molecule has 1 atom stereocenters. The molecule has 1 aromatic rings. The summed E-state index contributed by atoms with van der Waals surface area (Å²) in [5.41, 5.74) is 1.04. The average molecular weight is 478 g/mol. The quantitative estimate of drug-likeness (QED) is 0.100. The standard InChI is InChI=1S/C29H48ClNO2/c1-4-5-6-7-8-9-10-11-12-13-14-15-16-17-18-19-20-23-27(33-29(32)25(2)3)28-26(30)22-21-24-31-28/h21-22,24,27H,2,4-20,23H2,1,3H3. The van der Waals surface area contributed by atoms with Gasteiger partial charge in [-0.25, -0.2) is 4.79 Å². The second-order valence-electron chi connectivity index (χ2n) is 9.49. The highest BCUT2D eigenvalue weighted by molar-refractivity contribution is 6.31. The minimum atomic E-state index is -0.403. The molecule has 0 radical (unpaired) electrons. The Labute approximate surface area is 208 Å². The molecule has 1 rings (SSSR count). The summed E-state index contributed by atoms with van der Waals surface area (Å²) in [4.78, 5) is 16.4. The summed E-state index contributed by atoms with van der Waals surface area (Å²) in [5, 5.41) is 0.545. The maximum Gasteiger partial charge on any atom is 0.333 e. The molecule has 1 unspecified atom stereocenters. The first kappa shape index (κ1) is 29.7. The molecule has 0 spiro atoms. The van der Waals surface area contributed by atoms with Crippen molar-refractivity contribution < 1.29 is 9.53 Å². The van der Waals surface area contributed by atoms with Gasteiger partial charge in [-0.05, 0) is 31.9 Å². The van der Waals surface area contributed by atoms with E-state index in [0.717, 1.165) is 19.3 Å². The van der Waals surface area contributed by atoms with Gasteiger partial charge in [-0.2, -0.15) is 0 Å². The van der Waals surface area contributed by atoms with Crippen LogP contribution in [0.3, 0.4) is 0 Å². The van der Waals surface area contributed by atoms with E-state index < -0.39 is 6.10 Å². The van der Waals surface area contributed by atoms with Crippen LogP contribution in [0.5, 0.6) is 0 Å². The largest absolute Gasteiger partial charge is 0.452 e. The third-order valence-electron chi connectivity index (χ3n) is 6.26. The molecule has 0 saturated carbocycles. The lowest BCUT2D eigenvalue weighted by atomic mass is 10.0. The van der Waals surface area contributed by atoms with Gasteiger partial charge in [0, 0.05) is 11.8 Å². The maximum absolute atomic E-state index is 12.0. The predicted molar refractivity (Wildman–Crippen MR) is 142 cm³/mol. The van der Waals surface area contributed by atoms with E-state index in [-0.39, 0.29) is 5.97 Å². The van der Waals surface area contributed by atoms with Gasteiger partial charge >= 0.3 is 5.97 Å². The summed E-state index contributed by atoms with van der Waals surface area (Å²) >= 11 is 6.29. The predicted octanol–water partition coefficient (Wildman–Crippen LogP) is 9.94. The van der Waals surface area contributed by atoms with Gasteiger partial charge in [-0.1, -0.05) is 128 Å². The van der Waals surface area contributed by atoms with Crippen molar-refractivity contribution in [1.29, 1.82) is 0 Å². The number of hydrogen-bond acceptors (Lipinski definition) is 3. The number of esters is 1. The molecule has 188 valence electrons. The van der Waals surface area contributed by atoms with Crippen molar-refractivity contribution in [2.45, 2.75) is 136 Å². The Hall–Kier alpha value is -1.35. The van der Waals surface area contributed by atoms with Crippen LogP contribution in [0.1, 0.15) is 141 Å². The van der Waals surface area contributed by atoms with Crippen molar-refractivity contribution >= 4 is 17.6 Å². The van der Waals surface area contributed by atoms with Gasteiger partial charge in [0.05, 0.1) is 10.7 Å². The molecule has 0 N–H and O–H groups in total. The highest BCUT2D eigenvalue weighted by Gasteiger charge is 2.20. The van der Waals surface area contributed by atoms with E-state index >= 15 is 0 Å². The zero-order valence-corrected chi connectivity index (χ0v) is 22.1. The van der Waals surface area contributed by atoms with Crippen molar-refractivity contribution in [2.75, 3.05) is 0 Å². The van der Waals surface area contributed by atoms with Gasteiger partial charge in [-0.15, -0.1) is 0 Å². The molecule has 33 heavy (non-hydrogen) atoms. The normalized spacial score (nSPS) is 12.0. The van der Waals surface area contributed by atoms with Crippen LogP contribution in [-0.4, -0.2) is 11.0 Å². The number of aromatic nitrogens is 1. The van der Waals surface area contributed by atoms with Crippen molar-refractivity contribution in [3.05, 3.63) is 41.2 Å². The third-order valence-corrected chi connectivity index (χ3v) is 6.58. The van der Waals surface area contributed by atoms with E-state index in [1.54, 1.807) is 25.3 Å². The zero-order valence-electron chi connectivity index (χ0n) is 21.4.